The van der Waals surface area contributed by atoms with Crippen molar-refractivity contribution in [2.24, 2.45) is 0 Å². The van der Waals surface area contributed by atoms with Gasteiger partial charge in [-0.1, -0.05) is 185 Å². The molecule has 0 bridgehead atoms. The molecule has 356 valence electrons. The van der Waals surface area contributed by atoms with Crippen molar-refractivity contribution in [3.8, 4) is 55.9 Å². The first-order valence-electron chi connectivity index (χ1n) is 26.3. The maximum absolute atomic E-state index is 2.48. The van der Waals surface area contributed by atoms with E-state index >= 15 is 0 Å². The first-order valence-corrected chi connectivity index (χ1v) is 26.3. The summed E-state index contributed by atoms with van der Waals surface area (Å²) in [6.45, 7) is 9.62. The molecule has 3 heteroatoms. The number of fused-ring (bicyclic) bond motifs is 12. The van der Waals surface area contributed by atoms with E-state index in [0.717, 1.165) is 17.1 Å². The number of hydrogen-bond donors (Lipinski definition) is 0. The lowest BCUT2D eigenvalue weighted by Gasteiger charge is -2.30. The normalized spacial score (nSPS) is 13.8. The van der Waals surface area contributed by atoms with Crippen LogP contribution in [0.1, 0.15) is 49.9 Å². The molecule has 0 saturated heterocycles. The van der Waals surface area contributed by atoms with Crippen molar-refractivity contribution in [1.82, 2.24) is 9.13 Å². The van der Waals surface area contributed by atoms with Crippen LogP contribution in [0.4, 0.5) is 17.1 Å². The minimum Gasteiger partial charge on any atom is -0.310 e. The van der Waals surface area contributed by atoms with Crippen LogP contribution in [0.15, 0.2) is 249 Å². The third-order valence-corrected chi connectivity index (χ3v) is 16.9. The maximum Gasteiger partial charge on any atom is 0.0547 e. The Morgan fingerprint density at radius 1 is 0.267 bits per heavy atom. The number of benzene rings is 11. The van der Waals surface area contributed by atoms with Gasteiger partial charge in [-0.15, -0.1) is 0 Å². The van der Waals surface area contributed by atoms with Gasteiger partial charge in [0.1, 0.15) is 0 Å². The van der Waals surface area contributed by atoms with Crippen LogP contribution < -0.4 is 4.90 Å². The van der Waals surface area contributed by atoms with Crippen molar-refractivity contribution in [1.29, 1.82) is 0 Å². The molecule has 0 amide bonds. The average molecular weight is 960 g/mol. The second-order valence-corrected chi connectivity index (χ2v) is 21.7. The molecule has 2 aromatic heterocycles. The Kier molecular flexibility index (Phi) is 9.35. The number of para-hydroxylation sites is 4. The Morgan fingerprint density at radius 2 is 0.653 bits per heavy atom. The third kappa shape index (κ3) is 6.47. The SMILES string of the molecule is CC1(C)c2cc(-c3ccc4c5ccccc5n(-c5ccccc5)c4c3)ccc2-c2ccc(N(c3ccc(-c4ccccc4)cc3)c3ccc4c(c3)C(C)(C)c3cc(-n5c6ccccc6c6ccccc65)ccc3-4)cc21. The van der Waals surface area contributed by atoms with E-state index in [1.54, 1.807) is 0 Å². The number of rotatable bonds is 7. The fraction of sp³-hybridized carbons (Fsp3) is 0.0833. The molecule has 2 heterocycles. The molecule has 2 aliphatic carbocycles. The van der Waals surface area contributed by atoms with Crippen LogP contribution in [0, 0.1) is 0 Å². The summed E-state index contributed by atoms with van der Waals surface area (Å²) < 4.78 is 4.85. The van der Waals surface area contributed by atoms with E-state index in [0.29, 0.717) is 0 Å². The fourth-order valence-corrected chi connectivity index (χ4v) is 13.1. The summed E-state index contributed by atoms with van der Waals surface area (Å²) in [5.41, 5.74) is 25.6. The summed E-state index contributed by atoms with van der Waals surface area (Å²) in [5.74, 6) is 0. The van der Waals surface area contributed by atoms with E-state index in [2.05, 4.69) is 290 Å². The second-order valence-electron chi connectivity index (χ2n) is 21.7. The molecule has 0 N–H and O–H groups in total. The van der Waals surface area contributed by atoms with Crippen molar-refractivity contribution in [2.75, 3.05) is 4.90 Å². The number of nitrogens with zero attached hydrogens (tertiary/aromatic N) is 3. The fourth-order valence-electron chi connectivity index (χ4n) is 13.1. The van der Waals surface area contributed by atoms with Crippen molar-refractivity contribution in [3.05, 3.63) is 271 Å². The van der Waals surface area contributed by atoms with E-state index in [1.807, 2.05) is 0 Å². The zero-order valence-electron chi connectivity index (χ0n) is 42.5. The molecular formula is C72H53N3. The van der Waals surface area contributed by atoms with Gasteiger partial charge in [-0.3, -0.25) is 0 Å². The van der Waals surface area contributed by atoms with Gasteiger partial charge in [0.25, 0.3) is 0 Å². The highest BCUT2D eigenvalue weighted by molar-refractivity contribution is 6.11. The number of hydrogen-bond acceptors (Lipinski definition) is 1. The third-order valence-electron chi connectivity index (χ3n) is 16.9. The molecule has 0 fully saturated rings. The number of aromatic nitrogens is 2. The van der Waals surface area contributed by atoms with Crippen LogP contribution in [0.25, 0.3) is 99.5 Å². The topological polar surface area (TPSA) is 13.1 Å². The standard InChI is InChI=1S/C72H53N3/c1-71(2)63-41-48(49-30-37-62-61-23-13-14-24-67(61)74(70(62)42-49)50-19-9-6-10-20-50)29-36-55(63)56-38-33-52(43-64(56)71)73(51-31-27-47(28-32-51)46-17-7-5-8-18-46)53-34-39-57-58-40-35-54(45-66(58)72(3,4)65(57)44-53)75-68-25-15-11-21-59(68)60-22-12-16-26-69(60)75/h5-45H,1-4H3. The number of anilines is 3. The molecule has 2 aliphatic rings. The van der Waals surface area contributed by atoms with Gasteiger partial charge in [0.2, 0.25) is 0 Å². The van der Waals surface area contributed by atoms with E-state index in [9.17, 15) is 0 Å². The zero-order valence-corrected chi connectivity index (χ0v) is 42.5. The van der Waals surface area contributed by atoms with Gasteiger partial charge in [-0.25, -0.2) is 0 Å². The summed E-state index contributed by atoms with van der Waals surface area (Å²) in [5, 5.41) is 5.09. The second kappa shape index (κ2) is 16.2. The minimum atomic E-state index is -0.252. The molecular weight excluding hydrogens is 907 g/mol. The van der Waals surface area contributed by atoms with Crippen LogP contribution >= 0.6 is 0 Å². The first kappa shape index (κ1) is 43.4. The van der Waals surface area contributed by atoms with Crippen LogP contribution in [0.2, 0.25) is 0 Å². The first-order chi connectivity index (χ1) is 36.7. The molecule has 0 spiro atoms. The summed E-state index contributed by atoms with van der Waals surface area (Å²) in [6.07, 6.45) is 0. The molecule has 0 aliphatic heterocycles. The Labute approximate surface area is 437 Å². The average Bonchev–Trinajstić information content (AvgIpc) is 4.21. The molecule has 11 aromatic carbocycles. The van der Waals surface area contributed by atoms with E-state index in [4.69, 9.17) is 0 Å². The van der Waals surface area contributed by atoms with Crippen molar-refractivity contribution in [3.63, 3.8) is 0 Å². The quantitative estimate of drug-likeness (QED) is 0.155. The highest BCUT2D eigenvalue weighted by Gasteiger charge is 2.39. The smallest absolute Gasteiger partial charge is 0.0547 e. The predicted molar refractivity (Wildman–Crippen MR) is 316 cm³/mol. The van der Waals surface area contributed by atoms with Crippen LogP contribution in [-0.4, -0.2) is 9.13 Å². The Balaban J connectivity index is 0.827. The molecule has 0 atom stereocenters. The Bertz CT molecular complexity index is 4400. The van der Waals surface area contributed by atoms with Gasteiger partial charge in [-0.2, -0.15) is 0 Å². The van der Waals surface area contributed by atoms with Crippen LogP contribution in [0.3, 0.4) is 0 Å². The predicted octanol–water partition coefficient (Wildman–Crippen LogP) is 19.3. The Hall–Kier alpha value is -9.18. The lowest BCUT2D eigenvalue weighted by atomic mass is 9.81. The molecule has 13 aromatic rings. The lowest BCUT2D eigenvalue weighted by Crippen LogP contribution is -2.18. The Morgan fingerprint density at radius 3 is 1.23 bits per heavy atom. The molecule has 0 unspecified atom stereocenters. The van der Waals surface area contributed by atoms with E-state index < -0.39 is 0 Å². The molecule has 3 nitrogen and oxygen atoms in total. The van der Waals surface area contributed by atoms with Gasteiger partial charge in [0.05, 0.1) is 22.1 Å². The maximum atomic E-state index is 2.48. The molecule has 0 saturated carbocycles. The zero-order chi connectivity index (χ0) is 50.2. The highest BCUT2D eigenvalue weighted by atomic mass is 15.1. The van der Waals surface area contributed by atoms with Gasteiger partial charge >= 0.3 is 0 Å². The van der Waals surface area contributed by atoms with Crippen molar-refractivity contribution >= 4 is 60.7 Å². The highest BCUT2D eigenvalue weighted by Crippen LogP contribution is 2.54. The van der Waals surface area contributed by atoms with Gasteiger partial charge in [0.15, 0.2) is 0 Å². The molecule has 15 rings (SSSR count). The summed E-state index contributed by atoms with van der Waals surface area (Å²) in [7, 11) is 0. The summed E-state index contributed by atoms with van der Waals surface area (Å²) >= 11 is 0. The van der Waals surface area contributed by atoms with Crippen molar-refractivity contribution < 1.29 is 0 Å². The largest absolute Gasteiger partial charge is 0.310 e. The lowest BCUT2D eigenvalue weighted by molar-refractivity contribution is 0.659. The van der Waals surface area contributed by atoms with Crippen LogP contribution in [-0.2, 0) is 10.8 Å². The van der Waals surface area contributed by atoms with Crippen LogP contribution in [0.5, 0.6) is 0 Å². The minimum absolute atomic E-state index is 0.250. The molecule has 0 radical (unpaired) electrons. The van der Waals surface area contributed by atoms with Gasteiger partial charge in [0, 0.05) is 60.8 Å². The van der Waals surface area contributed by atoms with E-state index in [-0.39, 0.29) is 10.8 Å². The summed E-state index contributed by atoms with van der Waals surface area (Å²) in [4.78, 5) is 2.48. The molecule has 75 heavy (non-hydrogen) atoms. The van der Waals surface area contributed by atoms with Gasteiger partial charge < -0.3 is 14.0 Å². The van der Waals surface area contributed by atoms with E-state index in [1.165, 1.54) is 122 Å². The van der Waals surface area contributed by atoms with Crippen molar-refractivity contribution in [2.45, 2.75) is 38.5 Å². The monoisotopic (exact) mass is 959 g/mol. The summed E-state index contributed by atoms with van der Waals surface area (Å²) in [6, 6.07) is 92.5. The van der Waals surface area contributed by atoms with Gasteiger partial charge in [-0.05, 0) is 158 Å².